The van der Waals surface area contributed by atoms with Crippen molar-refractivity contribution >= 4 is 11.9 Å². The van der Waals surface area contributed by atoms with Gasteiger partial charge in [-0.15, -0.1) is 0 Å². The van der Waals surface area contributed by atoms with E-state index >= 15 is 0 Å². The van der Waals surface area contributed by atoms with Crippen LogP contribution < -0.4 is 11.1 Å². The highest BCUT2D eigenvalue weighted by atomic mass is 16.4. The van der Waals surface area contributed by atoms with Gasteiger partial charge in [-0.2, -0.15) is 0 Å². The molecule has 1 amide bonds. The molecule has 0 aliphatic heterocycles. The second kappa shape index (κ2) is 6.26. The van der Waals surface area contributed by atoms with E-state index in [0.717, 1.165) is 18.4 Å². The Bertz CT molecular complexity index is 518. The highest BCUT2D eigenvalue weighted by Crippen LogP contribution is 2.36. The van der Waals surface area contributed by atoms with Gasteiger partial charge in [0.1, 0.15) is 6.04 Å². The van der Waals surface area contributed by atoms with E-state index in [1.54, 1.807) is 19.1 Å². The van der Waals surface area contributed by atoms with Crippen LogP contribution in [0.5, 0.6) is 0 Å². The Morgan fingerprint density at radius 3 is 2.62 bits per heavy atom. The van der Waals surface area contributed by atoms with Crippen molar-refractivity contribution in [2.75, 3.05) is 0 Å². The lowest BCUT2D eigenvalue weighted by atomic mass is 9.71. The monoisotopic (exact) mass is 290 g/mol. The van der Waals surface area contributed by atoms with E-state index in [9.17, 15) is 14.7 Å². The van der Waals surface area contributed by atoms with E-state index in [0.29, 0.717) is 12.8 Å². The molecule has 0 radical (unpaired) electrons. The molecule has 1 aromatic carbocycles. The fourth-order valence-corrected chi connectivity index (χ4v) is 2.89. The van der Waals surface area contributed by atoms with Crippen molar-refractivity contribution in [3.8, 4) is 0 Å². The van der Waals surface area contributed by atoms with Crippen molar-refractivity contribution in [2.24, 2.45) is 11.1 Å². The number of carbonyl (C=O) groups excluding carboxylic acids is 1. The summed E-state index contributed by atoms with van der Waals surface area (Å²) in [6.07, 6.45) is 3.05. The number of carboxylic acids is 1. The molecule has 0 saturated heterocycles. The zero-order valence-electron chi connectivity index (χ0n) is 12.2. The summed E-state index contributed by atoms with van der Waals surface area (Å²) in [5, 5.41) is 12.3. The Morgan fingerprint density at radius 1 is 1.33 bits per heavy atom. The van der Waals surface area contributed by atoms with Crippen LogP contribution in [-0.2, 0) is 9.59 Å². The number of hydrogen-bond donors (Lipinski definition) is 3. The molecule has 2 rings (SSSR count). The van der Waals surface area contributed by atoms with Gasteiger partial charge in [0.2, 0.25) is 5.91 Å². The Kier molecular flexibility index (Phi) is 4.63. The number of aliphatic carboxylic acids is 1. The largest absolute Gasteiger partial charge is 0.481 e. The topological polar surface area (TPSA) is 92.4 Å². The molecule has 1 aliphatic rings. The van der Waals surface area contributed by atoms with Crippen LogP contribution in [0.15, 0.2) is 30.3 Å². The first-order chi connectivity index (χ1) is 9.95. The average Bonchev–Trinajstić information content (AvgIpc) is 2.49. The van der Waals surface area contributed by atoms with Gasteiger partial charge in [0.05, 0.1) is 5.41 Å². The molecule has 5 nitrogen and oxygen atoms in total. The van der Waals surface area contributed by atoms with Gasteiger partial charge in [0.25, 0.3) is 0 Å². The summed E-state index contributed by atoms with van der Waals surface area (Å²) in [6, 6.07) is 7.95. The maximum absolute atomic E-state index is 12.3. The molecule has 3 atom stereocenters. The third-order valence-electron chi connectivity index (χ3n) is 4.45. The molecule has 0 spiro atoms. The number of nitrogens with one attached hydrogen (secondary N) is 1. The molecule has 0 bridgehead atoms. The summed E-state index contributed by atoms with van der Waals surface area (Å²) in [6.45, 7) is 1.70. The first-order valence-electron chi connectivity index (χ1n) is 7.29. The minimum Gasteiger partial charge on any atom is -0.481 e. The summed E-state index contributed by atoms with van der Waals surface area (Å²) < 4.78 is 0. The summed E-state index contributed by atoms with van der Waals surface area (Å²) in [4.78, 5) is 23.8. The van der Waals surface area contributed by atoms with Crippen LogP contribution in [0.2, 0.25) is 0 Å². The second-order valence-electron chi connectivity index (χ2n) is 5.92. The Balaban J connectivity index is 2.09. The smallest absolute Gasteiger partial charge is 0.311 e. The van der Waals surface area contributed by atoms with Crippen molar-refractivity contribution in [3.63, 3.8) is 0 Å². The number of benzene rings is 1. The SMILES string of the molecule is CC1(C(=O)O)CCCCC1NC(=O)[C@H](N)c1ccccc1. The van der Waals surface area contributed by atoms with E-state index in [2.05, 4.69) is 5.32 Å². The van der Waals surface area contributed by atoms with Crippen LogP contribution in [0.3, 0.4) is 0 Å². The predicted molar refractivity (Wildman–Crippen MR) is 79.5 cm³/mol. The summed E-state index contributed by atoms with van der Waals surface area (Å²) in [5.41, 5.74) is 5.77. The van der Waals surface area contributed by atoms with Crippen molar-refractivity contribution < 1.29 is 14.7 Å². The Labute approximate surface area is 124 Å². The number of carbonyl (C=O) groups is 2. The quantitative estimate of drug-likeness (QED) is 0.789. The van der Waals surface area contributed by atoms with E-state index in [1.165, 1.54) is 0 Å². The maximum Gasteiger partial charge on any atom is 0.311 e. The van der Waals surface area contributed by atoms with Crippen molar-refractivity contribution in [3.05, 3.63) is 35.9 Å². The number of rotatable bonds is 4. The van der Waals surface area contributed by atoms with E-state index in [4.69, 9.17) is 5.73 Å². The molecule has 1 aromatic rings. The lowest BCUT2D eigenvalue weighted by Gasteiger charge is -2.38. The van der Waals surface area contributed by atoms with Crippen LogP contribution in [0, 0.1) is 5.41 Å². The zero-order valence-corrected chi connectivity index (χ0v) is 12.2. The standard InChI is InChI=1S/C16H22N2O3/c1-16(15(20)21)10-6-5-9-12(16)18-14(19)13(17)11-7-3-2-4-8-11/h2-4,7-8,12-13H,5-6,9-10,17H2,1H3,(H,18,19)(H,20,21)/t12?,13-,16?/m1/s1. The van der Waals surface area contributed by atoms with Crippen LogP contribution in [0.25, 0.3) is 0 Å². The van der Waals surface area contributed by atoms with Crippen molar-refractivity contribution in [1.29, 1.82) is 0 Å². The molecule has 21 heavy (non-hydrogen) atoms. The molecule has 0 aromatic heterocycles. The molecule has 5 heteroatoms. The van der Waals surface area contributed by atoms with Gasteiger partial charge in [-0.3, -0.25) is 9.59 Å². The van der Waals surface area contributed by atoms with E-state index in [-0.39, 0.29) is 11.9 Å². The summed E-state index contributed by atoms with van der Waals surface area (Å²) >= 11 is 0. The van der Waals surface area contributed by atoms with E-state index in [1.807, 2.05) is 18.2 Å². The van der Waals surface area contributed by atoms with Gasteiger partial charge in [0.15, 0.2) is 0 Å². The second-order valence-corrected chi connectivity index (χ2v) is 5.92. The van der Waals surface area contributed by atoms with Gasteiger partial charge >= 0.3 is 5.97 Å². The third-order valence-corrected chi connectivity index (χ3v) is 4.45. The van der Waals surface area contributed by atoms with Crippen molar-refractivity contribution in [1.82, 2.24) is 5.32 Å². The van der Waals surface area contributed by atoms with Crippen molar-refractivity contribution in [2.45, 2.75) is 44.7 Å². The lowest BCUT2D eigenvalue weighted by Crippen LogP contribution is -2.53. The van der Waals surface area contributed by atoms with Crippen LogP contribution in [0.1, 0.15) is 44.2 Å². The molecule has 4 N–H and O–H groups in total. The minimum absolute atomic E-state index is 0.319. The first-order valence-corrected chi connectivity index (χ1v) is 7.29. The Morgan fingerprint density at radius 2 is 2.00 bits per heavy atom. The number of hydrogen-bond acceptors (Lipinski definition) is 3. The van der Waals surface area contributed by atoms with Gasteiger partial charge in [-0.05, 0) is 25.3 Å². The average molecular weight is 290 g/mol. The molecule has 1 aliphatic carbocycles. The molecule has 1 saturated carbocycles. The lowest BCUT2D eigenvalue weighted by molar-refractivity contribution is -0.152. The molecule has 1 fully saturated rings. The first kappa shape index (κ1) is 15.5. The molecule has 0 heterocycles. The Hall–Kier alpha value is -1.88. The zero-order chi connectivity index (χ0) is 15.5. The fourth-order valence-electron chi connectivity index (χ4n) is 2.89. The maximum atomic E-state index is 12.3. The van der Waals surface area contributed by atoms with Crippen LogP contribution >= 0.6 is 0 Å². The molecule has 114 valence electrons. The van der Waals surface area contributed by atoms with Gasteiger partial charge in [0, 0.05) is 6.04 Å². The number of amides is 1. The molecular formula is C16H22N2O3. The normalized spacial score (nSPS) is 26.9. The minimum atomic E-state index is -0.912. The highest BCUT2D eigenvalue weighted by Gasteiger charge is 2.44. The summed E-state index contributed by atoms with van der Waals surface area (Å²) in [7, 11) is 0. The van der Waals surface area contributed by atoms with Gasteiger partial charge in [-0.1, -0.05) is 43.2 Å². The van der Waals surface area contributed by atoms with E-state index < -0.39 is 17.4 Å². The fraction of sp³-hybridized carbons (Fsp3) is 0.500. The van der Waals surface area contributed by atoms with Gasteiger partial charge < -0.3 is 16.2 Å². The summed E-state index contributed by atoms with van der Waals surface area (Å²) in [5.74, 6) is -1.18. The molecule has 2 unspecified atom stereocenters. The van der Waals surface area contributed by atoms with Gasteiger partial charge in [-0.25, -0.2) is 0 Å². The number of nitrogens with two attached hydrogens (primary N) is 1. The molecular weight excluding hydrogens is 268 g/mol. The van der Waals surface area contributed by atoms with Crippen LogP contribution in [0.4, 0.5) is 0 Å². The third kappa shape index (κ3) is 3.24. The predicted octanol–water partition coefficient (Wildman–Crippen LogP) is 1.84. The van der Waals surface area contributed by atoms with Crippen LogP contribution in [-0.4, -0.2) is 23.0 Å². The number of carboxylic acid groups (broad SMARTS) is 1. The highest BCUT2D eigenvalue weighted by molar-refractivity contribution is 5.84.